The van der Waals surface area contributed by atoms with Crippen molar-refractivity contribution >= 4 is 22.2 Å². The third-order valence-corrected chi connectivity index (χ3v) is 8.20. The van der Waals surface area contributed by atoms with Crippen LogP contribution in [-0.2, 0) is 13.1 Å². The average molecular weight is 527 g/mol. The van der Waals surface area contributed by atoms with Gasteiger partial charge >= 0.3 is 0 Å². The molecule has 194 valence electrons. The molecule has 38 heavy (non-hydrogen) atoms. The number of hydrogen-bond acceptors (Lipinski definition) is 7. The minimum atomic E-state index is -0.452. The van der Waals surface area contributed by atoms with Crippen LogP contribution in [-0.4, -0.2) is 37.2 Å². The van der Waals surface area contributed by atoms with E-state index in [1.165, 1.54) is 4.88 Å². The minimum absolute atomic E-state index is 0.141. The molecule has 0 aliphatic heterocycles. The molecule has 1 atom stereocenters. The van der Waals surface area contributed by atoms with Gasteiger partial charge in [0.1, 0.15) is 11.8 Å². The summed E-state index contributed by atoms with van der Waals surface area (Å²) in [5.41, 5.74) is 2.40. The van der Waals surface area contributed by atoms with Crippen molar-refractivity contribution < 1.29 is 4.74 Å². The maximum absolute atomic E-state index is 13.7. The fourth-order valence-electron chi connectivity index (χ4n) is 5.48. The number of H-pyrrole nitrogens is 1. The molecule has 0 bridgehead atoms. The lowest BCUT2D eigenvalue weighted by atomic mass is 10.0. The predicted octanol–water partition coefficient (Wildman–Crippen LogP) is 5.49. The van der Waals surface area contributed by atoms with Gasteiger partial charge in [0.05, 0.1) is 13.2 Å². The summed E-state index contributed by atoms with van der Waals surface area (Å²) in [6.45, 7) is 1.29. The number of tetrazole rings is 1. The number of hydrogen-bond donors (Lipinski definition) is 1. The summed E-state index contributed by atoms with van der Waals surface area (Å²) in [5, 5.41) is 16.1. The Kier molecular flexibility index (Phi) is 7.02. The predicted molar refractivity (Wildman–Crippen MR) is 148 cm³/mol. The molecule has 1 fully saturated rings. The van der Waals surface area contributed by atoms with Crippen LogP contribution >= 0.6 is 11.3 Å². The van der Waals surface area contributed by atoms with E-state index in [2.05, 4.69) is 55.1 Å². The zero-order valence-electron chi connectivity index (χ0n) is 21.3. The Bertz CT molecular complexity index is 1560. The molecule has 1 unspecified atom stereocenters. The molecule has 0 radical (unpaired) electrons. The third-order valence-electron chi connectivity index (χ3n) is 7.34. The summed E-state index contributed by atoms with van der Waals surface area (Å²) in [7, 11) is 1.65. The lowest BCUT2D eigenvalue weighted by molar-refractivity contribution is 0.192. The Morgan fingerprint density at radius 3 is 2.68 bits per heavy atom. The highest BCUT2D eigenvalue weighted by Crippen LogP contribution is 2.35. The van der Waals surface area contributed by atoms with Gasteiger partial charge in [0.15, 0.2) is 5.82 Å². The zero-order valence-corrected chi connectivity index (χ0v) is 22.1. The number of rotatable bonds is 9. The standard InChI is InChI=1S/C29H30N6O2S/c1-37-23-13-14-26-21(16-23)17-25(29(36)30-26)27(28-31-32-33-35(28)22-10-5-6-11-22)34(19-24-12-7-15-38-24)18-20-8-3-2-4-9-20/h2-4,7-9,12-17,22,27H,5-6,10-11,18-19H2,1H3,(H,30,36). The van der Waals surface area contributed by atoms with E-state index >= 15 is 0 Å². The van der Waals surface area contributed by atoms with Crippen LogP contribution < -0.4 is 10.3 Å². The van der Waals surface area contributed by atoms with E-state index in [1.54, 1.807) is 18.4 Å². The summed E-state index contributed by atoms with van der Waals surface area (Å²) >= 11 is 1.71. The number of aromatic amines is 1. The molecule has 2 aromatic carbocycles. The van der Waals surface area contributed by atoms with Crippen molar-refractivity contribution in [3.8, 4) is 5.75 Å². The second kappa shape index (κ2) is 10.9. The van der Waals surface area contributed by atoms with Gasteiger partial charge in [-0.1, -0.05) is 49.2 Å². The highest BCUT2D eigenvalue weighted by Gasteiger charge is 2.33. The van der Waals surface area contributed by atoms with Gasteiger partial charge in [-0.2, -0.15) is 0 Å². The van der Waals surface area contributed by atoms with E-state index in [0.717, 1.165) is 47.9 Å². The van der Waals surface area contributed by atoms with Crippen LogP contribution in [0.15, 0.2) is 76.9 Å². The Hall–Kier alpha value is -3.82. The van der Waals surface area contributed by atoms with Crippen LogP contribution in [0.4, 0.5) is 0 Å². The summed E-state index contributed by atoms with van der Waals surface area (Å²) in [4.78, 5) is 20.4. The van der Waals surface area contributed by atoms with Crippen molar-refractivity contribution in [1.82, 2.24) is 30.1 Å². The van der Waals surface area contributed by atoms with Crippen LogP contribution in [0.3, 0.4) is 0 Å². The molecule has 8 nitrogen and oxygen atoms in total. The van der Waals surface area contributed by atoms with E-state index in [9.17, 15) is 4.79 Å². The van der Waals surface area contributed by atoms with Crippen molar-refractivity contribution in [3.05, 3.63) is 104 Å². The lowest BCUT2D eigenvalue weighted by Gasteiger charge is -2.31. The van der Waals surface area contributed by atoms with Crippen LogP contribution in [0.2, 0.25) is 0 Å². The SMILES string of the molecule is COc1ccc2[nH]c(=O)c(C(c3nnnn3C3CCCC3)N(Cc3ccccc3)Cc3cccs3)cc2c1. The molecule has 1 saturated carbocycles. The first kappa shape index (κ1) is 24.5. The van der Waals surface area contributed by atoms with Crippen molar-refractivity contribution in [2.45, 2.75) is 50.9 Å². The monoisotopic (exact) mass is 526 g/mol. The third kappa shape index (κ3) is 4.99. The number of thiophene rings is 1. The quantitative estimate of drug-likeness (QED) is 0.273. The van der Waals surface area contributed by atoms with Gasteiger partial charge in [-0.3, -0.25) is 9.69 Å². The number of aromatic nitrogens is 5. The molecule has 1 aliphatic rings. The summed E-state index contributed by atoms with van der Waals surface area (Å²) < 4.78 is 7.44. The highest BCUT2D eigenvalue weighted by atomic mass is 32.1. The van der Waals surface area contributed by atoms with Gasteiger partial charge in [0, 0.05) is 34.4 Å². The summed E-state index contributed by atoms with van der Waals surface area (Å²) in [6, 6.07) is 22.0. The maximum atomic E-state index is 13.7. The van der Waals surface area contributed by atoms with Gasteiger partial charge in [0.25, 0.3) is 5.56 Å². The first-order valence-electron chi connectivity index (χ1n) is 13.0. The Balaban J connectivity index is 1.53. The van der Waals surface area contributed by atoms with Crippen molar-refractivity contribution in [1.29, 1.82) is 0 Å². The molecular formula is C29H30N6O2S. The van der Waals surface area contributed by atoms with Crippen LogP contribution in [0, 0.1) is 0 Å². The van der Waals surface area contributed by atoms with Crippen LogP contribution in [0.25, 0.3) is 10.9 Å². The molecule has 1 N–H and O–H groups in total. The van der Waals surface area contributed by atoms with Gasteiger partial charge in [0.2, 0.25) is 0 Å². The fourth-order valence-corrected chi connectivity index (χ4v) is 6.21. The maximum Gasteiger partial charge on any atom is 0.253 e. The van der Waals surface area contributed by atoms with Crippen LogP contribution in [0.5, 0.6) is 5.75 Å². The molecular weight excluding hydrogens is 496 g/mol. The number of pyridine rings is 1. The number of methoxy groups -OCH3 is 1. The Morgan fingerprint density at radius 1 is 1.08 bits per heavy atom. The summed E-state index contributed by atoms with van der Waals surface area (Å²) in [6.07, 6.45) is 4.40. The number of benzene rings is 2. The molecule has 9 heteroatoms. The van der Waals surface area contributed by atoms with Crippen molar-refractivity contribution in [2.75, 3.05) is 7.11 Å². The first-order valence-corrected chi connectivity index (χ1v) is 13.9. The Labute approximate surface area is 224 Å². The van der Waals surface area contributed by atoms with E-state index < -0.39 is 6.04 Å². The molecule has 0 spiro atoms. The highest BCUT2D eigenvalue weighted by molar-refractivity contribution is 7.09. The molecule has 0 amide bonds. The molecule has 6 rings (SSSR count). The molecule has 3 heterocycles. The van der Waals surface area contributed by atoms with Gasteiger partial charge < -0.3 is 9.72 Å². The first-order chi connectivity index (χ1) is 18.7. The van der Waals surface area contributed by atoms with Gasteiger partial charge in [-0.15, -0.1) is 16.4 Å². The molecule has 3 aromatic heterocycles. The van der Waals surface area contributed by atoms with Gasteiger partial charge in [-0.05, 0) is 64.5 Å². The zero-order chi connectivity index (χ0) is 25.9. The smallest absolute Gasteiger partial charge is 0.253 e. The van der Waals surface area contributed by atoms with Crippen LogP contribution in [0.1, 0.15) is 59.6 Å². The number of ether oxygens (including phenoxy) is 1. The molecule has 5 aromatic rings. The fraction of sp³-hybridized carbons (Fsp3) is 0.310. The minimum Gasteiger partial charge on any atom is -0.497 e. The van der Waals surface area contributed by atoms with Gasteiger partial charge in [-0.25, -0.2) is 4.68 Å². The van der Waals surface area contributed by atoms with E-state index in [-0.39, 0.29) is 11.6 Å². The largest absolute Gasteiger partial charge is 0.497 e. The molecule has 0 saturated heterocycles. The van der Waals surface area contributed by atoms with E-state index in [4.69, 9.17) is 4.74 Å². The number of nitrogens with one attached hydrogen (secondary N) is 1. The number of nitrogens with zero attached hydrogens (tertiary/aromatic N) is 5. The molecule has 1 aliphatic carbocycles. The van der Waals surface area contributed by atoms with E-state index in [0.29, 0.717) is 24.5 Å². The van der Waals surface area contributed by atoms with E-state index in [1.807, 2.05) is 47.1 Å². The number of fused-ring (bicyclic) bond motifs is 1. The lowest BCUT2D eigenvalue weighted by Crippen LogP contribution is -2.35. The van der Waals surface area contributed by atoms with Crippen molar-refractivity contribution in [3.63, 3.8) is 0 Å². The second-order valence-corrected chi connectivity index (χ2v) is 10.8. The topological polar surface area (TPSA) is 88.9 Å². The Morgan fingerprint density at radius 2 is 1.92 bits per heavy atom. The average Bonchev–Trinajstić information content (AvgIpc) is 3.73. The summed E-state index contributed by atoms with van der Waals surface area (Å²) in [5.74, 6) is 1.44. The second-order valence-electron chi connectivity index (χ2n) is 9.80. The normalized spacial score (nSPS) is 14.9. The van der Waals surface area contributed by atoms with Crippen molar-refractivity contribution in [2.24, 2.45) is 0 Å².